The maximum Gasteiger partial charge on any atom is 0.387 e. The maximum absolute atomic E-state index is 12.3. The van der Waals surface area contributed by atoms with Crippen LogP contribution in [0.2, 0.25) is 0 Å². The summed E-state index contributed by atoms with van der Waals surface area (Å²) in [6.07, 6.45) is 1.58. The number of unbranched alkanes of at least 4 members (excludes halogenated alkanes) is 1. The first-order valence-electron chi connectivity index (χ1n) is 6.99. The van der Waals surface area contributed by atoms with Crippen molar-refractivity contribution < 1.29 is 28.2 Å². The number of hydrogen-bond donors (Lipinski definition) is 2. The van der Waals surface area contributed by atoms with Gasteiger partial charge in [-0.05, 0) is 12.5 Å². The molecule has 1 amide bonds. The van der Waals surface area contributed by atoms with Gasteiger partial charge in [0.15, 0.2) is 0 Å². The van der Waals surface area contributed by atoms with Gasteiger partial charge >= 0.3 is 12.6 Å². The highest BCUT2D eigenvalue weighted by Gasteiger charge is 2.20. The third-order valence-electron chi connectivity index (χ3n) is 3.02. The summed E-state index contributed by atoms with van der Waals surface area (Å²) < 4.78 is 28.9. The van der Waals surface area contributed by atoms with Gasteiger partial charge in [-0.15, -0.1) is 0 Å². The van der Waals surface area contributed by atoms with Crippen molar-refractivity contribution in [3.8, 4) is 5.75 Å². The molecule has 0 bridgehead atoms. The Kier molecular flexibility index (Phi) is 7.28. The van der Waals surface area contributed by atoms with E-state index in [1.54, 1.807) is 6.07 Å². The summed E-state index contributed by atoms with van der Waals surface area (Å²) in [5.74, 6) is -1.75. The quantitative estimate of drug-likeness (QED) is 0.734. The van der Waals surface area contributed by atoms with Crippen molar-refractivity contribution in [2.45, 2.75) is 45.3 Å². The van der Waals surface area contributed by atoms with Gasteiger partial charge in [0.2, 0.25) is 5.91 Å². The minimum atomic E-state index is -2.99. The Bertz CT molecular complexity index is 508. The van der Waals surface area contributed by atoms with Crippen LogP contribution in [0.5, 0.6) is 5.75 Å². The smallest absolute Gasteiger partial charge is 0.387 e. The minimum Gasteiger partial charge on any atom is -0.480 e. The zero-order valence-electron chi connectivity index (χ0n) is 12.2. The normalized spacial score (nSPS) is 12.0. The standard InChI is InChI=1S/C15H19F2NO4/c1-2-3-7-11(14(20)21)18-13(19)9-10-6-4-5-8-12(10)22-15(16)17/h4-6,8,11,15H,2-3,7,9H2,1H3,(H,18,19)(H,20,21)/t11-/m0/s1. The monoisotopic (exact) mass is 315 g/mol. The van der Waals surface area contributed by atoms with Crippen molar-refractivity contribution in [2.75, 3.05) is 0 Å². The van der Waals surface area contributed by atoms with Gasteiger partial charge in [-0.3, -0.25) is 4.79 Å². The Morgan fingerprint density at radius 1 is 1.32 bits per heavy atom. The number of aliphatic carboxylic acids is 1. The third kappa shape index (κ3) is 6.07. The molecule has 0 saturated carbocycles. The predicted octanol–water partition coefficient (Wildman–Crippen LogP) is 2.59. The second kappa shape index (κ2) is 8.96. The van der Waals surface area contributed by atoms with Crippen LogP contribution in [0.25, 0.3) is 0 Å². The van der Waals surface area contributed by atoms with E-state index in [0.717, 1.165) is 6.42 Å². The molecule has 0 aliphatic heterocycles. The lowest BCUT2D eigenvalue weighted by Crippen LogP contribution is -2.41. The van der Waals surface area contributed by atoms with E-state index in [9.17, 15) is 18.4 Å². The highest BCUT2D eigenvalue weighted by atomic mass is 19.3. The molecule has 0 aliphatic rings. The summed E-state index contributed by atoms with van der Waals surface area (Å²) >= 11 is 0. The highest BCUT2D eigenvalue weighted by Crippen LogP contribution is 2.20. The molecule has 1 aromatic carbocycles. The van der Waals surface area contributed by atoms with Crippen LogP contribution >= 0.6 is 0 Å². The lowest BCUT2D eigenvalue weighted by molar-refractivity contribution is -0.142. The molecule has 1 rings (SSSR count). The van der Waals surface area contributed by atoms with E-state index < -0.39 is 24.5 Å². The zero-order valence-corrected chi connectivity index (χ0v) is 12.2. The minimum absolute atomic E-state index is 0.0897. The molecule has 1 aromatic rings. The number of nitrogens with one attached hydrogen (secondary N) is 1. The van der Waals surface area contributed by atoms with Crippen LogP contribution in [0.3, 0.4) is 0 Å². The Labute approximate surface area is 127 Å². The molecule has 0 radical (unpaired) electrons. The van der Waals surface area contributed by atoms with Gasteiger partial charge in [-0.1, -0.05) is 38.0 Å². The van der Waals surface area contributed by atoms with Gasteiger partial charge in [0.05, 0.1) is 6.42 Å². The van der Waals surface area contributed by atoms with E-state index in [2.05, 4.69) is 10.1 Å². The molecule has 0 heterocycles. The van der Waals surface area contributed by atoms with Crippen LogP contribution in [0.15, 0.2) is 24.3 Å². The molecule has 2 N–H and O–H groups in total. The van der Waals surface area contributed by atoms with E-state index in [1.165, 1.54) is 18.2 Å². The average Bonchev–Trinajstić information content (AvgIpc) is 2.44. The molecule has 22 heavy (non-hydrogen) atoms. The van der Waals surface area contributed by atoms with Crippen molar-refractivity contribution in [3.63, 3.8) is 0 Å². The second-order valence-corrected chi connectivity index (χ2v) is 4.76. The fraction of sp³-hybridized carbons (Fsp3) is 0.467. The fourth-order valence-electron chi connectivity index (χ4n) is 1.94. The van der Waals surface area contributed by atoms with Crippen LogP contribution in [-0.4, -0.2) is 29.6 Å². The first kappa shape index (κ1) is 17.9. The molecule has 122 valence electrons. The summed E-state index contributed by atoms with van der Waals surface area (Å²) in [4.78, 5) is 23.0. The number of para-hydroxylation sites is 1. The van der Waals surface area contributed by atoms with Crippen molar-refractivity contribution in [2.24, 2.45) is 0 Å². The SMILES string of the molecule is CCCC[C@H](NC(=O)Cc1ccccc1OC(F)F)C(=O)O. The van der Waals surface area contributed by atoms with Crippen molar-refractivity contribution in [1.29, 1.82) is 0 Å². The maximum atomic E-state index is 12.3. The summed E-state index contributed by atoms with van der Waals surface area (Å²) in [5.41, 5.74) is 0.278. The number of carbonyl (C=O) groups excluding carboxylic acids is 1. The molecular weight excluding hydrogens is 296 g/mol. The number of amides is 1. The van der Waals surface area contributed by atoms with Gasteiger partial charge in [-0.2, -0.15) is 8.78 Å². The van der Waals surface area contributed by atoms with Crippen LogP contribution in [0, 0.1) is 0 Å². The number of ether oxygens (including phenoxy) is 1. The molecular formula is C15H19F2NO4. The largest absolute Gasteiger partial charge is 0.480 e. The number of carboxylic acids is 1. The molecule has 0 aromatic heterocycles. The molecule has 7 heteroatoms. The molecule has 1 atom stereocenters. The number of rotatable bonds is 9. The van der Waals surface area contributed by atoms with E-state index in [0.29, 0.717) is 12.8 Å². The molecule has 0 saturated heterocycles. The molecule has 0 spiro atoms. The van der Waals surface area contributed by atoms with Gasteiger partial charge in [0.1, 0.15) is 11.8 Å². The summed E-state index contributed by atoms with van der Waals surface area (Å²) in [7, 11) is 0. The van der Waals surface area contributed by atoms with Crippen molar-refractivity contribution in [3.05, 3.63) is 29.8 Å². The van der Waals surface area contributed by atoms with Gasteiger partial charge < -0.3 is 15.2 Å². The van der Waals surface area contributed by atoms with Gasteiger partial charge in [0, 0.05) is 5.56 Å². The number of hydrogen-bond acceptors (Lipinski definition) is 3. The Hall–Kier alpha value is -2.18. The number of halogens is 2. The van der Waals surface area contributed by atoms with E-state index in [-0.39, 0.29) is 17.7 Å². The zero-order chi connectivity index (χ0) is 16.5. The number of carbonyl (C=O) groups is 2. The number of alkyl halides is 2. The fourth-order valence-corrected chi connectivity index (χ4v) is 1.94. The Balaban J connectivity index is 2.69. The highest BCUT2D eigenvalue weighted by molar-refractivity contribution is 5.85. The third-order valence-corrected chi connectivity index (χ3v) is 3.02. The van der Waals surface area contributed by atoms with Gasteiger partial charge in [-0.25, -0.2) is 4.79 Å². The predicted molar refractivity (Wildman–Crippen MR) is 75.9 cm³/mol. The van der Waals surface area contributed by atoms with Crippen LogP contribution in [0.4, 0.5) is 8.78 Å². The summed E-state index contributed by atoms with van der Waals surface area (Å²) in [6, 6.07) is 4.95. The summed E-state index contributed by atoms with van der Waals surface area (Å²) in [6.45, 7) is -1.07. The number of benzene rings is 1. The topological polar surface area (TPSA) is 75.6 Å². The van der Waals surface area contributed by atoms with Crippen LogP contribution in [0.1, 0.15) is 31.7 Å². The van der Waals surface area contributed by atoms with Crippen molar-refractivity contribution >= 4 is 11.9 Å². The van der Waals surface area contributed by atoms with Gasteiger partial charge in [0.25, 0.3) is 0 Å². The summed E-state index contributed by atoms with van der Waals surface area (Å²) in [5, 5.41) is 11.4. The Morgan fingerprint density at radius 2 is 2.00 bits per heavy atom. The molecule has 0 fully saturated rings. The molecule has 5 nitrogen and oxygen atoms in total. The van der Waals surface area contributed by atoms with E-state index in [4.69, 9.17) is 5.11 Å². The first-order chi connectivity index (χ1) is 10.4. The van der Waals surface area contributed by atoms with Crippen molar-refractivity contribution in [1.82, 2.24) is 5.32 Å². The van der Waals surface area contributed by atoms with E-state index >= 15 is 0 Å². The molecule has 0 unspecified atom stereocenters. The lowest BCUT2D eigenvalue weighted by Gasteiger charge is -2.15. The number of carboxylic acid groups (broad SMARTS) is 1. The average molecular weight is 315 g/mol. The van der Waals surface area contributed by atoms with Crippen LogP contribution < -0.4 is 10.1 Å². The second-order valence-electron chi connectivity index (χ2n) is 4.76. The van der Waals surface area contributed by atoms with E-state index in [1.807, 2.05) is 6.92 Å². The Morgan fingerprint density at radius 3 is 2.59 bits per heavy atom. The first-order valence-corrected chi connectivity index (χ1v) is 6.99. The molecule has 0 aliphatic carbocycles. The lowest BCUT2D eigenvalue weighted by atomic mass is 10.1. The van der Waals surface area contributed by atoms with Crippen LogP contribution in [-0.2, 0) is 16.0 Å².